The molecule has 0 aromatic heterocycles. The molecule has 2 aromatic rings. The largest absolute Gasteiger partial charge is 0.385 e. The molecular formula is C18H22O. The highest BCUT2D eigenvalue weighted by Crippen LogP contribution is 2.27. The second kappa shape index (κ2) is 5.18. The second-order valence-corrected chi connectivity index (χ2v) is 5.82. The summed E-state index contributed by atoms with van der Waals surface area (Å²) in [5.74, 6) is 0. The Labute approximate surface area is 115 Å². The van der Waals surface area contributed by atoms with Crippen molar-refractivity contribution >= 4 is 0 Å². The van der Waals surface area contributed by atoms with Gasteiger partial charge in [0.1, 0.15) is 0 Å². The number of aliphatic hydroxyl groups is 1. The third-order valence-corrected chi connectivity index (χ3v) is 3.47. The third kappa shape index (κ3) is 3.45. The Morgan fingerprint density at radius 3 is 2.11 bits per heavy atom. The van der Waals surface area contributed by atoms with Gasteiger partial charge in [-0.3, -0.25) is 0 Å². The zero-order chi connectivity index (χ0) is 14.0. The molecule has 0 amide bonds. The van der Waals surface area contributed by atoms with Gasteiger partial charge in [0.05, 0.1) is 5.60 Å². The molecule has 0 aliphatic heterocycles. The molecule has 0 radical (unpaired) electrons. The Balaban J connectivity index is 2.31. The van der Waals surface area contributed by atoms with Crippen LogP contribution in [0.4, 0.5) is 0 Å². The fourth-order valence-electron chi connectivity index (χ4n) is 2.61. The van der Waals surface area contributed by atoms with E-state index in [1.165, 1.54) is 22.3 Å². The molecule has 0 saturated carbocycles. The summed E-state index contributed by atoms with van der Waals surface area (Å²) in [6, 6.07) is 14.6. The van der Waals surface area contributed by atoms with E-state index in [4.69, 9.17) is 0 Å². The first-order chi connectivity index (χ1) is 8.87. The molecule has 0 aliphatic rings. The highest BCUT2D eigenvalue weighted by molar-refractivity contribution is 5.34. The van der Waals surface area contributed by atoms with Gasteiger partial charge in [0.25, 0.3) is 0 Å². The predicted molar refractivity (Wildman–Crippen MR) is 80.4 cm³/mol. The maximum absolute atomic E-state index is 10.8. The molecular weight excluding hydrogens is 232 g/mol. The molecule has 1 nitrogen and oxygen atoms in total. The van der Waals surface area contributed by atoms with Crippen molar-refractivity contribution < 1.29 is 5.11 Å². The molecule has 1 N–H and O–H groups in total. The van der Waals surface area contributed by atoms with E-state index in [0.717, 1.165) is 5.56 Å². The Morgan fingerprint density at radius 1 is 0.895 bits per heavy atom. The molecule has 1 heteroatoms. The number of benzene rings is 2. The van der Waals surface area contributed by atoms with Gasteiger partial charge in [0, 0.05) is 6.42 Å². The molecule has 1 atom stereocenters. The molecule has 0 fully saturated rings. The van der Waals surface area contributed by atoms with E-state index < -0.39 is 5.60 Å². The lowest BCUT2D eigenvalue weighted by molar-refractivity contribution is 0.0575. The van der Waals surface area contributed by atoms with Crippen molar-refractivity contribution in [2.24, 2.45) is 0 Å². The van der Waals surface area contributed by atoms with Gasteiger partial charge in [0.15, 0.2) is 0 Å². The summed E-state index contributed by atoms with van der Waals surface area (Å²) >= 11 is 0. The average molecular weight is 254 g/mol. The van der Waals surface area contributed by atoms with Crippen LogP contribution < -0.4 is 0 Å². The van der Waals surface area contributed by atoms with Crippen LogP contribution in [0.25, 0.3) is 0 Å². The van der Waals surface area contributed by atoms with Crippen molar-refractivity contribution in [2.45, 2.75) is 39.7 Å². The molecule has 0 spiro atoms. The van der Waals surface area contributed by atoms with Crippen LogP contribution in [-0.2, 0) is 12.0 Å². The minimum absolute atomic E-state index is 0.636. The van der Waals surface area contributed by atoms with E-state index in [-0.39, 0.29) is 0 Å². The summed E-state index contributed by atoms with van der Waals surface area (Å²) < 4.78 is 0. The summed E-state index contributed by atoms with van der Waals surface area (Å²) in [7, 11) is 0. The Morgan fingerprint density at radius 2 is 1.53 bits per heavy atom. The van der Waals surface area contributed by atoms with Gasteiger partial charge >= 0.3 is 0 Å². The van der Waals surface area contributed by atoms with Gasteiger partial charge in [-0.2, -0.15) is 0 Å². The maximum atomic E-state index is 10.8. The Hall–Kier alpha value is -1.60. The lowest BCUT2D eigenvalue weighted by Gasteiger charge is -2.25. The van der Waals surface area contributed by atoms with Crippen LogP contribution in [0.3, 0.4) is 0 Å². The fourth-order valence-corrected chi connectivity index (χ4v) is 2.61. The van der Waals surface area contributed by atoms with Gasteiger partial charge in [-0.15, -0.1) is 0 Å². The number of hydrogen-bond donors (Lipinski definition) is 1. The van der Waals surface area contributed by atoms with E-state index >= 15 is 0 Å². The molecule has 100 valence electrons. The first-order valence-electron chi connectivity index (χ1n) is 6.73. The summed E-state index contributed by atoms with van der Waals surface area (Å²) in [6.07, 6.45) is 0.636. The highest BCUT2D eigenvalue weighted by atomic mass is 16.3. The van der Waals surface area contributed by atoms with Gasteiger partial charge in [-0.05, 0) is 38.8 Å². The third-order valence-electron chi connectivity index (χ3n) is 3.47. The highest BCUT2D eigenvalue weighted by Gasteiger charge is 2.24. The number of aryl methyl sites for hydroxylation is 3. The van der Waals surface area contributed by atoms with Crippen LogP contribution in [0.1, 0.15) is 34.7 Å². The number of hydrogen-bond acceptors (Lipinski definition) is 1. The van der Waals surface area contributed by atoms with Crippen molar-refractivity contribution in [1.29, 1.82) is 0 Å². The van der Waals surface area contributed by atoms with Crippen molar-refractivity contribution in [3.63, 3.8) is 0 Å². The summed E-state index contributed by atoms with van der Waals surface area (Å²) in [5.41, 5.74) is 4.95. The average Bonchev–Trinajstić information content (AvgIpc) is 2.26. The van der Waals surface area contributed by atoms with Gasteiger partial charge in [0.2, 0.25) is 0 Å². The van der Waals surface area contributed by atoms with E-state index in [9.17, 15) is 5.11 Å². The SMILES string of the molecule is Cc1cccc(CC(C)(O)c2cc(C)cc(C)c2)c1. The Kier molecular flexibility index (Phi) is 3.77. The zero-order valence-electron chi connectivity index (χ0n) is 12.2. The van der Waals surface area contributed by atoms with Crippen molar-refractivity contribution in [2.75, 3.05) is 0 Å². The minimum atomic E-state index is -0.829. The first kappa shape index (κ1) is 13.8. The minimum Gasteiger partial charge on any atom is -0.385 e. The number of rotatable bonds is 3. The standard InChI is InChI=1S/C18H22O/c1-13-6-5-7-16(9-13)12-18(4,19)17-10-14(2)8-15(3)11-17/h5-11,19H,12H2,1-4H3. The lowest BCUT2D eigenvalue weighted by Crippen LogP contribution is -2.24. The molecule has 0 aliphatic carbocycles. The van der Waals surface area contributed by atoms with Crippen LogP contribution >= 0.6 is 0 Å². The van der Waals surface area contributed by atoms with Gasteiger partial charge in [-0.25, -0.2) is 0 Å². The van der Waals surface area contributed by atoms with Crippen molar-refractivity contribution in [3.8, 4) is 0 Å². The summed E-state index contributed by atoms with van der Waals surface area (Å²) in [5, 5.41) is 10.8. The van der Waals surface area contributed by atoms with Gasteiger partial charge in [-0.1, -0.05) is 59.2 Å². The summed E-state index contributed by atoms with van der Waals surface area (Å²) in [6.45, 7) is 8.11. The van der Waals surface area contributed by atoms with E-state index in [0.29, 0.717) is 6.42 Å². The van der Waals surface area contributed by atoms with E-state index in [1.54, 1.807) is 0 Å². The smallest absolute Gasteiger partial charge is 0.0908 e. The molecule has 0 bridgehead atoms. The van der Waals surface area contributed by atoms with Crippen LogP contribution in [0.2, 0.25) is 0 Å². The molecule has 1 unspecified atom stereocenters. The molecule has 2 aromatic carbocycles. The first-order valence-corrected chi connectivity index (χ1v) is 6.73. The van der Waals surface area contributed by atoms with Crippen LogP contribution in [0, 0.1) is 20.8 Å². The Bertz CT molecular complexity index is 562. The van der Waals surface area contributed by atoms with Crippen molar-refractivity contribution in [1.82, 2.24) is 0 Å². The quantitative estimate of drug-likeness (QED) is 0.875. The normalized spacial score (nSPS) is 14.2. The summed E-state index contributed by atoms with van der Waals surface area (Å²) in [4.78, 5) is 0. The van der Waals surface area contributed by atoms with Crippen LogP contribution in [0.5, 0.6) is 0 Å². The van der Waals surface area contributed by atoms with Crippen molar-refractivity contribution in [3.05, 3.63) is 70.3 Å². The van der Waals surface area contributed by atoms with Gasteiger partial charge < -0.3 is 5.11 Å². The van der Waals surface area contributed by atoms with Crippen LogP contribution in [-0.4, -0.2) is 5.11 Å². The predicted octanol–water partition coefficient (Wildman–Crippen LogP) is 4.06. The zero-order valence-corrected chi connectivity index (χ0v) is 12.2. The monoisotopic (exact) mass is 254 g/mol. The second-order valence-electron chi connectivity index (χ2n) is 5.82. The van der Waals surface area contributed by atoms with E-state index in [2.05, 4.69) is 57.2 Å². The maximum Gasteiger partial charge on any atom is 0.0908 e. The van der Waals surface area contributed by atoms with E-state index in [1.807, 2.05) is 13.0 Å². The molecule has 19 heavy (non-hydrogen) atoms. The molecule has 2 rings (SSSR count). The van der Waals surface area contributed by atoms with Crippen LogP contribution in [0.15, 0.2) is 42.5 Å². The lowest BCUT2D eigenvalue weighted by atomic mass is 9.87. The molecule has 0 heterocycles. The topological polar surface area (TPSA) is 20.2 Å². The fraction of sp³-hybridized carbons (Fsp3) is 0.333. The molecule has 0 saturated heterocycles.